The van der Waals surface area contributed by atoms with Crippen LogP contribution in [0.25, 0.3) is 121 Å². The van der Waals surface area contributed by atoms with Gasteiger partial charge in [-0.05, 0) is 108 Å². The highest BCUT2D eigenvalue weighted by atomic mass is 16.3. The molecule has 2 heterocycles. The van der Waals surface area contributed by atoms with Crippen LogP contribution in [0.2, 0.25) is 0 Å². The first-order valence-corrected chi connectivity index (χ1v) is 19.2. The van der Waals surface area contributed by atoms with E-state index in [2.05, 4.69) is 182 Å². The highest BCUT2D eigenvalue weighted by molar-refractivity contribution is 6.27. The third-order valence-electron chi connectivity index (χ3n) is 11.7. The lowest BCUT2D eigenvalue weighted by Gasteiger charge is -2.20. The Bertz CT molecular complexity index is 3470. The van der Waals surface area contributed by atoms with E-state index < -0.39 is 0 Å². The molecule has 0 amide bonds. The highest BCUT2D eigenvalue weighted by Gasteiger charge is 2.23. The molecule has 0 spiro atoms. The third kappa shape index (κ3) is 4.57. The molecule has 12 aromatic rings. The SMILES string of the molecule is c1ccc(-c2cc(-c3c4ccccc4c(-c4ccc(-c5ccc6oc7ccccc7c6c5)c5c4oc4ccccc45)c4ccccc34)c3ccccc3c2)cc1. The van der Waals surface area contributed by atoms with Gasteiger partial charge in [-0.25, -0.2) is 0 Å². The summed E-state index contributed by atoms with van der Waals surface area (Å²) >= 11 is 0. The van der Waals surface area contributed by atoms with Gasteiger partial charge in [-0.1, -0.05) is 152 Å². The maximum atomic E-state index is 6.96. The minimum absolute atomic E-state index is 0.875. The minimum Gasteiger partial charge on any atom is -0.456 e. The van der Waals surface area contributed by atoms with Crippen molar-refractivity contribution in [3.05, 3.63) is 194 Å². The molecule has 0 fully saturated rings. The predicted octanol–water partition coefficient (Wildman–Crippen LogP) is 15.6. The molecule has 0 atom stereocenters. The second-order valence-corrected chi connectivity index (χ2v) is 14.7. The van der Waals surface area contributed by atoms with Gasteiger partial charge in [-0.3, -0.25) is 0 Å². The van der Waals surface area contributed by atoms with Gasteiger partial charge in [0.15, 0.2) is 0 Å². The van der Waals surface area contributed by atoms with E-state index in [-0.39, 0.29) is 0 Å². The van der Waals surface area contributed by atoms with Gasteiger partial charge < -0.3 is 8.83 Å². The van der Waals surface area contributed by atoms with Gasteiger partial charge in [0.2, 0.25) is 0 Å². The Hall–Kier alpha value is -7.42. The number of hydrogen-bond donors (Lipinski definition) is 0. The summed E-state index contributed by atoms with van der Waals surface area (Å²) in [5.41, 5.74) is 13.0. The Morgan fingerprint density at radius 2 is 0.804 bits per heavy atom. The number of furan rings is 2. The van der Waals surface area contributed by atoms with Crippen molar-refractivity contribution in [2.45, 2.75) is 0 Å². The monoisotopic (exact) mass is 712 g/mol. The summed E-state index contributed by atoms with van der Waals surface area (Å²) in [6, 6.07) is 69.8. The summed E-state index contributed by atoms with van der Waals surface area (Å²) in [4.78, 5) is 0. The molecule has 12 rings (SSSR count). The van der Waals surface area contributed by atoms with Gasteiger partial charge >= 0.3 is 0 Å². The van der Waals surface area contributed by atoms with Crippen LogP contribution in [0.5, 0.6) is 0 Å². The molecule has 2 nitrogen and oxygen atoms in total. The third-order valence-corrected chi connectivity index (χ3v) is 11.7. The molecule has 0 aliphatic rings. The Kier molecular flexibility index (Phi) is 6.66. The van der Waals surface area contributed by atoms with Crippen LogP contribution in [-0.2, 0) is 0 Å². The molecule has 0 saturated heterocycles. The second kappa shape index (κ2) is 12.0. The Labute approximate surface area is 322 Å². The number of hydrogen-bond acceptors (Lipinski definition) is 2. The minimum atomic E-state index is 0.875. The summed E-state index contributed by atoms with van der Waals surface area (Å²) in [6.07, 6.45) is 0. The average molecular weight is 713 g/mol. The summed E-state index contributed by atoms with van der Waals surface area (Å²) in [5.74, 6) is 0. The first kappa shape index (κ1) is 31.0. The molecule has 0 aliphatic carbocycles. The maximum Gasteiger partial charge on any atom is 0.143 e. The Balaban J connectivity index is 1.17. The van der Waals surface area contributed by atoms with E-state index in [0.29, 0.717) is 0 Å². The number of benzene rings is 10. The summed E-state index contributed by atoms with van der Waals surface area (Å²) in [7, 11) is 0. The highest BCUT2D eigenvalue weighted by Crippen LogP contribution is 2.50. The fraction of sp³-hybridized carbons (Fsp3) is 0. The summed E-state index contributed by atoms with van der Waals surface area (Å²) in [6.45, 7) is 0. The summed E-state index contributed by atoms with van der Waals surface area (Å²) in [5, 5.41) is 11.7. The second-order valence-electron chi connectivity index (χ2n) is 14.7. The number of para-hydroxylation sites is 2. The molecule has 0 bridgehead atoms. The average Bonchev–Trinajstić information content (AvgIpc) is 3.84. The normalized spacial score (nSPS) is 11.9. The van der Waals surface area contributed by atoms with Crippen molar-refractivity contribution in [3.63, 3.8) is 0 Å². The van der Waals surface area contributed by atoms with E-state index in [0.717, 1.165) is 60.6 Å². The van der Waals surface area contributed by atoms with Crippen molar-refractivity contribution < 1.29 is 8.83 Å². The van der Waals surface area contributed by atoms with E-state index >= 15 is 0 Å². The van der Waals surface area contributed by atoms with Gasteiger partial charge in [0.25, 0.3) is 0 Å². The van der Waals surface area contributed by atoms with Crippen molar-refractivity contribution in [2.24, 2.45) is 0 Å². The zero-order valence-corrected chi connectivity index (χ0v) is 30.3. The lowest BCUT2D eigenvalue weighted by atomic mass is 9.83. The standard InChI is InChI=1S/C54H32O2/c1-2-14-33(15-3-1)36-30-34-16-4-5-17-37(34)47(32-36)52-42-21-8-6-19-40(42)51(41-20-7-9-22-43(41)52)45-28-27-38(53-44-23-11-13-25-49(44)56-54(45)53)35-26-29-50-46(31-35)39-18-10-12-24-48(39)55-50/h1-32H. The van der Waals surface area contributed by atoms with Gasteiger partial charge in [0.05, 0.1) is 0 Å². The van der Waals surface area contributed by atoms with Crippen LogP contribution >= 0.6 is 0 Å². The van der Waals surface area contributed by atoms with Crippen LogP contribution in [0.15, 0.2) is 203 Å². The van der Waals surface area contributed by atoms with Gasteiger partial charge in [-0.15, -0.1) is 0 Å². The first-order chi connectivity index (χ1) is 27.8. The molecule has 260 valence electrons. The topological polar surface area (TPSA) is 26.3 Å². The largest absolute Gasteiger partial charge is 0.456 e. The summed E-state index contributed by atoms with van der Waals surface area (Å²) < 4.78 is 13.2. The molecule has 0 aliphatic heterocycles. The molecular weight excluding hydrogens is 681 g/mol. The Morgan fingerprint density at radius 3 is 1.52 bits per heavy atom. The zero-order valence-electron chi connectivity index (χ0n) is 30.3. The molecule has 2 heteroatoms. The molecule has 0 unspecified atom stereocenters. The lowest BCUT2D eigenvalue weighted by Crippen LogP contribution is -1.93. The van der Waals surface area contributed by atoms with E-state index in [4.69, 9.17) is 8.83 Å². The van der Waals surface area contributed by atoms with Crippen molar-refractivity contribution in [1.82, 2.24) is 0 Å². The Morgan fingerprint density at radius 1 is 0.268 bits per heavy atom. The number of fused-ring (bicyclic) bond motifs is 9. The smallest absolute Gasteiger partial charge is 0.143 e. The van der Waals surface area contributed by atoms with Gasteiger partial charge in [0, 0.05) is 32.7 Å². The van der Waals surface area contributed by atoms with Gasteiger partial charge in [-0.2, -0.15) is 0 Å². The molecule has 10 aromatic carbocycles. The molecular formula is C54H32O2. The molecule has 2 aromatic heterocycles. The van der Waals surface area contributed by atoms with Crippen LogP contribution < -0.4 is 0 Å². The fourth-order valence-corrected chi connectivity index (χ4v) is 9.18. The number of rotatable bonds is 4. The molecule has 0 N–H and O–H groups in total. The van der Waals surface area contributed by atoms with E-state index in [1.54, 1.807) is 0 Å². The quantitative estimate of drug-likeness (QED) is 0.170. The predicted molar refractivity (Wildman–Crippen MR) is 235 cm³/mol. The lowest BCUT2D eigenvalue weighted by molar-refractivity contribution is 0.669. The van der Waals surface area contributed by atoms with Gasteiger partial charge in [0.1, 0.15) is 22.3 Å². The van der Waals surface area contributed by atoms with Crippen LogP contribution in [0.3, 0.4) is 0 Å². The van der Waals surface area contributed by atoms with Crippen LogP contribution in [0, 0.1) is 0 Å². The van der Waals surface area contributed by atoms with Crippen LogP contribution in [-0.4, -0.2) is 0 Å². The maximum absolute atomic E-state index is 6.96. The molecule has 56 heavy (non-hydrogen) atoms. The molecule has 0 saturated carbocycles. The van der Waals surface area contributed by atoms with Crippen LogP contribution in [0.1, 0.15) is 0 Å². The fourth-order valence-electron chi connectivity index (χ4n) is 9.18. The van der Waals surface area contributed by atoms with Crippen molar-refractivity contribution in [2.75, 3.05) is 0 Å². The molecule has 0 radical (unpaired) electrons. The van der Waals surface area contributed by atoms with E-state index in [9.17, 15) is 0 Å². The van der Waals surface area contributed by atoms with Crippen molar-refractivity contribution in [1.29, 1.82) is 0 Å². The van der Waals surface area contributed by atoms with E-state index in [1.165, 1.54) is 60.1 Å². The van der Waals surface area contributed by atoms with Crippen LogP contribution in [0.4, 0.5) is 0 Å². The van der Waals surface area contributed by atoms with Crippen molar-refractivity contribution in [3.8, 4) is 44.5 Å². The first-order valence-electron chi connectivity index (χ1n) is 19.2. The zero-order chi connectivity index (χ0) is 36.7. The van der Waals surface area contributed by atoms with Crippen molar-refractivity contribution >= 4 is 76.2 Å². The van der Waals surface area contributed by atoms with E-state index in [1.807, 2.05) is 12.1 Å².